The van der Waals surface area contributed by atoms with Crippen molar-refractivity contribution >= 4 is 50.7 Å². The van der Waals surface area contributed by atoms with Gasteiger partial charge in [-0.2, -0.15) is 0 Å². The van der Waals surface area contributed by atoms with Crippen LogP contribution < -0.4 is 19.1 Å². The van der Waals surface area contributed by atoms with E-state index in [1.165, 1.54) is 17.0 Å². The Kier molecular flexibility index (Phi) is 10.2. The summed E-state index contributed by atoms with van der Waals surface area (Å²) in [5.41, 5.74) is 0.786. The molecule has 0 saturated heterocycles. The van der Waals surface area contributed by atoms with Crippen molar-refractivity contribution in [2.45, 2.75) is 62.6 Å². The van der Waals surface area contributed by atoms with Crippen LogP contribution in [0.25, 0.3) is 0 Å². The monoisotopic (exact) mass is 659 g/mol. The van der Waals surface area contributed by atoms with Gasteiger partial charge in [-0.3, -0.25) is 13.9 Å². The average molecular weight is 661 g/mol. The van der Waals surface area contributed by atoms with Crippen LogP contribution in [0.3, 0.4) is 0 Å². The van der Waals surface area contributed by atoms with Crippen LogP contribution in [0.15, 0.2) is 71.6 Å². The van der Waals surface area contributed by atoms with Crippen LogP contribution in [0, 0.1) is 0 Å². The molecule has 44 heavy (non-hydrogen) atoms. The van der Waals surface area contributed by atoms with E-state index in [0.29, 0.717) is 40.3 Å². The summed E-state index contributed by atoms with van der Waals surface area (Å²) in [6.07, 6.45) is 4.95. The number of benzene rings is 3. The molecule has 0 unspecified atom stereocenters. The molecular weight excluding hydrogens is 625 g/mol. The zero-order valence-corrected chi connectivity index (χ0v) is 26.7. The largest absolute Gasteiger partial charge is 0.486 e. The molecule has 0 aromatic heterocycles. The summed E-state index contributed by atoms with van der Waals surface area (Å²) in [6.45, 7) is 1.71. The van der Waals surface area contributed by atoms with Crippen molar-refractivity contribution in [3.05, 3.63) is 82.3 Å². The number of halogens is 2. The number of carbonyl (C=O) groups excluding carboxylic acids is 2. The number of sulfonamides is 1. The number of nitrogens with one attached hydrogen (secondary N) is 1. The molecule has 12 heteroatoms. The number of hydrogen-bond donors (Lipinski definition) is 1. The van der Waals surface area contributed by atoms with Crippen molar-refractivity contribution in [1.82, 2.24) is 10.2 Å². The maximum Gasteiger partial charge on any atom is 0.264 e. The smallest absolute Gasteiger partial charge is 0.264 e. The number of anilines is 1. The van der Waals surface area contributed by atoms with E-state index in [4.69, 9.17) is 32.7 Å². The van der Waals surface area contributed by atoms with Gasteiger partial charge in [0.05, 0.1) is 10.6 Å². The van der Waals surface area contributed by atoms with E-state index in [-0.39, 0.29) is 29.1 Å². The number of carbonyl (C=O) groups is 2. The molecule has 1 saturated carbocycles. The molecule has 0 radical (unpaired) electrons. The third-order valence-corrected chi connectivity index (χ3v) is 10.3. The highest BCUT2D eigenvalue weighted by molar-refractivity contribution is 7.92. The summed E-state index contributed by atoms with van der Waals surface area (Å²) >= 11 is 12.6. The fourth-order valence-electron chi connectivity index (χ4n) is 5.42. The highest BCUT2D eigenvalue weighted by Crippen LogP contribution is 2.36. The standard InChI is InChI=1S/C32H35Cl2N3O6S/c1-22(32(39)35-25-8-4-2-5-9-25)36(20-23-12-13-24(33)18-28(23)34)31(38)21-37(44(40,41)27-10-6-3-7-11-27)26-14-15-29-30(19-26)43-17-16-42-29/h3,6-7,10-15,18-19,22,25H,2,4-5,8-9,16-17,20-21H2,1H3,(H,35,39)/t22-/m0/s1. The first-order valence-electron chi connectivity index (χ1n) is 14.6. The molecule has 1 fully saturated rings. The molecule has 5 rings (SSSR count). The van der Waals surface area contributed by atoms with Crippen molar-refractivity contribution < 1.29 is 27.5 Å². The quantitative estimate of drug-likeness (QED) is 0.294. The zero-order chi connectivity index (χ0) is 31.3. The maximum absolute atomic E-state index is 14.2. The Balaban J connectivity index is 1.49. The predicted octanol–water partition coefficient (Wildman–Crippen LogP) is 5.83. The van der Waals surface area contributed by atoms with Crippen LogP contribution in [0.4, 0.5) is 5.69 Å². The summed E-state index contributed by atoms with van der Waals surface area (Å²) in [5.74, 6) is -0.0428. The minimum atomic E-state index is -4.22. The lowest BCUT2D eigenvalue weighted by Gasteiger charge is -2.33. The van der Waals surface area contributed by atoms with E-state index >= 15 is 0 Å². The van der Waals surface area contributed by atoms with E-state index in [0.717, 1.165) is 36.4 Å². The van der Waals surface area contributed by atoms with Gasteiger partial charge < -0.3 is 19.7 Å². The number of ether oxygens (including phenoxy) is 2. The number of nitrogens with zero attached hydrogens (tertiary/aromatic N) is 2. The highest BCUT2D eigenvalue weighted by atomic mass is 35.5. The SMILES string of the molecule is C[C@@H](C(=O)NC1CCCCC1)N(Cc1ccc(Cl)cc1Cl)C(=O)CN(c1ccc2c(c1)OCCO2)S(=O)(=O)c1ccccc1. The molecule has 1 N–H and O–H groups in total. The minimum Gasteiger partial charge on any atom is -0.486 e. The van der Waals surface area contributed by atoms with Gasteiger partial charge in [-0.1, -0.05) is 66.7 Å². The van der Waals surface area contributed by atoms with Gasteiger partial charge in [-0.15, -0.1) is 0 Å². The van der Waals surface area contributed by atoms with E-state index in [1.807, 2.05) is 0 Å². The predicted molar refractivity (Wildman–Crippen MR) is 170 cm³/mol. The van der Waals surface area contributed by atoms with Gasteiger partial charge in [-0.05, 0) is 61.7 Å². The van der Waals surface area contributed by atoms with Gasteiger partial charge in [0.25, 0.3) is 10.0 Å². The highest BCUT2D eigenvalue weighted by Gasteiger charge is 2.34. The molecule has 2 aliphatic rings. The van der Waals surface area contributed by atoms with Crippen LogP contribution in [-0.4, -0.2) is 57.0 Å². The zero-order valence-electron chi connectivity index (χ0n) is 24.4. The second-order valence-corrected chi connectivity index (χ2v) is 13.6. The number of rotatable bonds is 10. The van der Waals surface area contributed by atoms with Crippen molar-refractivity contribution in [2.24, 2.45) is 0 Å². The molecule has 1 heterocycles. The van der Waals surface area contributed by atoms with Gasteiger partial charge in [-0.25, -0.2) is 8.42 Å². The molecule has 3 aromatic rings. The lowest BCUT2D eigenvalue weighted by atomic mass is 9.95. The van der Waals surface area contributed by atoms with Crippen LogP contribution >= 0.6 is 23.2 Å². The van der Waals surface area contributed by atoms with E-state index in [9.17, 15) is 18.0 Å². The van der Waals surface area contributed by atoms with Gasteiger partial charge in [0.15, 0.2) is 11.5 Å². The van der Waals surface area contributed by atoms with Crippen LogP contribution in [0.1, 0.15) is 44.6 Å². The second kappa shape index (κ2) is 14.1. The maximum atomic E-state index is 14.2. The summed E-state index contributed by atoms with van der Waals surface area (Å²) in [5, 5.41) is 3.85. The average Bonchev–Trinajstić information content (AvgIpc) is 3.03. The first-order valence-corrected chi connectivity index (χ1v) is 16.8. The Hall–Kier alpha value is -3.47. The van der Waals surface area contributed by atoms with Crippen LogP contribution in [-0.2, 0) is 26.2 Å². The Bertz CT molecular complexity index is 1600. The fourth-order valence-corrected chi connectivity index (χ4v) is 7.32. The van der Waals surface area contributed by atoms with Crippen molar-refractivity contribution in [2.75, 3.05) is 24.1 Å². The molecule has 234 valence electrons. The summed E-state index contributed by atoms with van der Waals surface area (Å²) in [7, 11) is -4.22. The van der Waals surface area contributed by atoms with Crippen molar-refractivity contribution in [3.8, 4) is 11.5 Å². The lowest BCUT2D eigenvalue weighted by molar-refractivity contribution is -0.139. The van der Waals surface area contributed by atoms with Crippen molar-refractivity contribution in [3.63, 3.8) is 0 Å². The molecule has 1 aliphatic heterocycles. The molecule has 1 atom stereocenters. The lowest BCUT2D eigenvalue weighted by Crippen LogP contribution is -2.53. The first kappa shape index (κ1) is 31.9. The van der Waals surface area contributed by atoms with E-state index in [1.54, 1.807) is 61.5 Å². The normalized spacial score (nSPS) is 15.7. The van der Waals surface area contributed by atoms with Gasteiger partial charge in [0, 0.05) is 28.7 Å². The molecule has 9 nitrogen and oxygen atoms in total. The summed E-state index contributed by atoms with van der Waals surface area (Å²) in [4.78, 5) is 29.1. The van der Waals surface area contributed by atoms with Gasteiger partial charge in [0.2, 0.25) is 11.8 Å². The topological polar surface area (TPSA) is 105 Å². The molecular formula is C32H35Cl2N3O6S. The van der Waals surface area contributed by atoms with E-state index in [2.05, 4.69) is 5.32 Å². The Morgan fingerprint density at radius 2 is 1.64 bits per heavy atom. The van der Waals surface area contributed by atoms with Crippen LogP contribution in [0.2, 0.25) is 10.0 Å². The Morgan fingerprint density at radius 1 is 0.932 bits per heavy atom. The second-order valence-electron chi connectivity index (χ2n) is 10.9. The number of fused-ring (bicyclic) bond motifs is 1. The molecule has 3 aromatic carbocycles. The van der Waals surface area contributed by atoms with E-state index < -0.39 is 28.5 Å². The van der Waals surface area contributed by atoms with Gasteiger partial charge >= 0.3 is 0 Å². The molecule has 1 aliphatic carbocycles. The number of amides is 2. The van der Waals surface area contributed by atoms with Crippen LogP contribution in [0.5, 0.6) is 11.5 Å². The third kappa shape index (κ3) is 7.42. The van der Waals surface area contributed by atoms with Gasteiger partial charge in [0.1, 0.15) is 25.8 Å². The molecule has 0 bridgehead atoms. The number of hydrogen-bond acceptors (Lipinski definition) is 6. The Labute approximate surface area is 268 Å². The fraction of sp³-hybridized carbons (Fsp3) is 0.375. The summed E-state index contributed by atoms with van der Waals surface area (Å²) in [6, 6.07) is 16.6. The third-order valence-electron chi connectivity index (χ3n) is 7.90. The summed E-state index contributed by atoms with van der Waals surface area (Å²) < 4.78 is 40.4. The van der Waals surface area contributed by atoms with Crippen molar-refractivity contribution in [1.29, 1.82) is 0 Å². The molecule has 0 spiro atoms. The minimum absolute atomic E-state index is 0.0121. The first-order chi connectivity index (χ1) is 21.1. The Morgan fingerprint density at radius 3 is 2.34 bits per heavy atom. The molecule has 2 amide bonds.